The number of benzene rings is 1. The van der Waals surface area contributed by atoms with E-state index in [4.69, 9.17) is 11.6 Å². The van der Waals surface area contributed by atoms with Crippen LogP contribution in [0.5, 0.6) is 0 Å². The summed E-state index contributed by atoms with van der Waals surface area (Å²) in [6, 6.07) is 6.00. The third kappa shape index (κ3) is 4.74. The van der Waals surface area contributed by atoms with Crippen LogP contribution in [-0.2, 0) is 6.54 Å². The number of hydrogen-bond acceptors (Lipinski definition) is 5. The van der Waals surface area contributed by atoms with E-state index in [9.17, 15) is 0 Å². The molecule has 2 rings (SSSR count). The molecule has 0 spiro atoms. The molecule has 108 valence electrons. The smallest absolute Gasteiger partial charge is 0.174 e. The maximum Gasteiger partial charge on any atom is 0.174 e. The summed E-state index contributed by atoms with van der Waals surface area (Å²) >= 11 is 9.16. The van der Waals surface area contributed by atoms with Crippen molar-refractivity contribution in [3.05, 3.63) is 34.6 Å². The van der Waals surface area contributed by atoms with Gasteiger partial charge in [0.05, 0.1) is 0 Å². The van der Waals surface area contributed by atoms with Crippen LogP contribution in [0.4, 0.5) is 0 Å². The van der Waals surface area contributed by atoms with E-state index in [-0.39, 0.29) is 0 Å². The molecule has 1 aromatic heterocycles. The van der Waals surface area contributed by atoms with Crippen molar-refractivity contribution in [3.63, 3.8) is 0 Å². The minimum atomic E-state index is 0.643. The lowest BCUT2D eigenvalue weighted by molar-refractivity contribution is 0.550. The maximum absolute atomic E-state index is 6.11. The van der Waals surface area contributed by atoms with E-state index >= 15 is 0 Å². The van der Waals surface area contributed by atoms with E-state index < -0.39 is 0 Å². The van der Waals surface area contributed by atoms with Gasteiger partial charge in [0.15, 0.2) is 4.34 Å². The van der Waals surface area contributed by atoms with Gasteiger partial charge in [-0.25, -0.2) is 4.98 Å². The number of nitrogens with one attached hydrogen (secondary N) is 1. The largest absolute Gasteiger partial charge is 0.312 e. The van der Waals surface area contributed by atoms with E-state index in [1.54, 1.807) is 11.8 Å². The van der Waals surface area contributed by atoms with E-state index in [1.165, 1.54) is 17.1 Å². The molecule has 0 aliphatic heterocycles. The van der Waals surface area contributed by atoms with Gasteiger partial charge in [0.2, 0.25) is 0 Å². The van der Waals surface area contributed by atoms with Gasteiger partial charge in [0.1, 0.15) is 5.82 Å². The van der Waals surface area contributed by atoms with E-state index in [0.717, 1.165) is 33.2 Å². The first-order valence-electron chi connectivity index (χ1n) is 6.52. The zero-order valence-electron chi connectivity index (χ0n) is 11.8. The molecule has 0 amide bonds. The fourth-order valence-electron chi connectivity index (χ4n) is 1.68. The van der Waals surface area contributed by atoms with Crippen molar-refractivity contribution >= 4 is 34.9 Å². The van der Waals surface area contributed by atoms with Crippen LogP contribution in [0.15, 0.2) is 27.4 Å². The summed E-state index contributed by atoms with van der Waals surface area (Å²) in [7, 11) is 0. The van der Waals surface area contributed by atoms with Gasteiger partial charge in [0.25, 0.3) is 0 Å². The highest BCUT2D eigenvalue weighted by atomic mass is 35.5. The molecule has 0 saturated carbocycles. The fraction of sp³-hybridized carbons (Fsp3) is 0.429. The molecule has 0 fully saturated rings. The summed E-state index contributed by atoms with van der Waals surface area (Å²) in [5, 5.41) is 4.21. The standard InChI is InChI=1S/C14H18ClN3S2/c1-9(2)7-16-8-11-4-5-12(15)6-13(11)19-14-17-10(3)18-20-14/h4-6,9,16H,7-8H2,1-3H3. The first-order chi connectivity index (χ1) is 9.54. The Kier molecular flexibility index (Phi) is 5.84. The molecule has 0 atom stereocenters. The van der Waals surface area contributed by atoms with Gasteiger partial charge >= 0.3 is 0 Å². The molecule has 3 nitrogen and oxygen atoms in total. The molecule has 6 heteroatoms. The van der Waals surface area contributed by atoms with E-state index in [2.05, 4.69) is 34.6 Å². The topological polar surface area (TPSA) is 37.8 Å². The fourth-order valence-corrected chi connectivity index (χ4v) is 3.69. The van der Waals surface area contributed by atoms with Gasteiger partial charge in [-0.1, -0.05) is 43.3 Å². The van der Waals surface area contributed by atoms with E-state index in [0.29, 0.717) is 5.92 Å². The average molecular weight is 328 g/mol. The van der Waals surface area contributed by atoms with Gasteiger partial charge in [-0.05, 0) is 48.6 Å². The lowest BCUT2D eigenvalue weighted by atomic mass is 10.2. The Labute approximate surface area is 133 Å². The van der Waals surface area contributed by atoms with Crippen LogP contribution in [0.25, 0.3) is 0 Å². The summed E-state index contributed by atoms with van der Waals surface area (Å²) in [6.07, 6.45) is 0. The van der Waals surface area contributed by atoms with Crippen LogP contribution in [0.3, 0.4) is 0 Å². The molecule has 0 unspecified atom stereocenters. The number of nitrogens with zero attached hydrogens (tertiary/aromatic N) is 2. The SMILES string of the molecule is Cc1nsc(Sc2cc(Cl)ccc2CNCC(C)C)n1. The van der Waals surface area contributed by atoms with Crippen LogP contribution in [0.2, 0.25) is 5.02 Å². The molecule has 1 aromatic carbocycles. The number of halogens is 1. The second-order valence-electron chi connectivity index (χ2n) is 4.99. The molecule has 2 aromatic rings. The van der Waals surface area contributed by atoms with Crippen molar-refractivity contribution in [2.75, 3.05) is 6.54 Å². The quantitative estimate of drug-likeness (QED) is 0.853. The van der Waals surface area contributed by atoms with Crippen molar-refractivity contribution < 1.29 is 0 Å². The Morgan fingerprint density at radius 1 is 1.40 bits per heavy atom. The van der Waals surface area contributed by atoms with Crippen molar-refractivity contribution in [3.8, 4) is 0 Å². The molecular weight excluding hydrogens is 310 g/mol. The minimum Gasteiger partial charge on any atom is -0.312 e. The highest BCUT2D eigenvalue weighted by Crippen LogP contribution is 2.33. The van der Waals surface area contributed by atoms with Crippen molar-refractivity contribution in [2.45, 2.75) is 36.6 Å². The molecule has 1 heterocycles. The van der Waals surface area contributed by atoms with Gasteiger partial charge < -0.3 is 5.32 Å². The van der Waals surface area contributed by atoms with Crippen LogP contribution in [0, 0.1) is 12.8 Å². The van der Waals surface area contributed by atoms with Crippen molar-refractivity contribution in [1.29, 1.82) is 0 Å². The maximum atomic E-state index is 6.11. The number of hydrogen-bond donors (Lipinski definition) is 1. The second kappa shape index (κ2) is 7.41. The van der Waals surface area contributed by atoms with Crippen LogP contribution >= 0.6 is 34.9 Å². The Balaban J connectivity index is 2.11. The first kappa shape index (κ1) is 15.8. The number of aromatic nitrogens is 2. The van der Waals surface area contributed by atoms with Gasteiger partial charge in [-0.2, -0.15) is 4.37 Å². The molecular formula is C14H18ClN3S2. The molecule has 0 aliphatic carbocycles. The Bertz CT molecular complexity index is 569. The van der Waals surface area contributed by atoms with Gasteiger partial charge in [-0.15, -0.1) is 0 Å². The summed E-state index contributed by atoms with van der Waals surface area (Å²) in [6.45, 7) is 8.16. The third-order valence-electron chi connectivity index (χ3n) is 2.60. The lowest BCUT2D eigenvalue weighted by Gasteiger charge is -2.11. The highest BCUT2D eigenvalue weighted by molar-refractivity contribution is 8.01. The Hall–Kier alpha value is -0.620. The molecule has 0 bridgehead atoms. The van der Waals surface area contributed by atoms with Crippen LogP contribution in [0.1, 0.15) is 25.2 Å². The van der Waals surface area contributed by atoms with Gasteiger partial charge in [0, 0.05) is 16.5 Å². The summed E-state index contributed by atoms with van der Waals surface area (Å²) in [4.78, 5) is 5.54. The first-order valence-corrected chi connectivity index (χ1v) is 8.48. The Morgan fingerprint density at radius 3 is 2.85 bits per heavy atom. The summed E-state index contributed by atoms with van der Waals surface area (Å²) < 4.78 is 5.16. The number of aryl methyl sites for hydroxylation is 1. The monoisotopic (exact) mass is 327 g/mol. The van der Waals surface area contributed by atoms with Crippen molar-refractivity contribution in [2.24, 2.45) is 5.92 Å². The lowest BCUT2D eigenvalue weighted by Crippen LogP contribution is -2.19. The molecule has 1 N–H and O–H groups in total. The van der Waals surface area contributed by atoms with Crippen molar-refractivity contribution in [1.82, 2.24) is 14.7 Å². The summed E-state index contributed by atoms with van der Waals surface area (Å²) in [5.41, 5.74) is 1.24. The highest BCUT2D eigenvalue weighted by Gasteiger charge is 2.09. The zero-order valence-corrected chi connectivity index (χ0v) is 14.2. The minimum absolute atomic E-state index is 0.643. The molecule has 0 aliphatic rings. The predicted molar refractivity (Wildman–Crippen MR) is 86.8 cm³/mol. The molecule has 0 saturated heterocycles. The van der Waals surface area contributed by atoms with E-state index in [1.807, 2.05) is 19.1 Å². The van der Waals surface area contributed by atoms with Crippen LogP contribution < -0.4 is 5.32 Å². The molecule has 0 radical (unpaired) electrons. The average Bonchev–Trinajstić information content (AvgIpc) is 2.77. The summed E-state index contributed by atoms with van der Waals surface area (Å²) in [5.74, 6) is 1.46. The third-order valence-corrected chi connectivity index (χ3v) is 4.78. The second-order valence-corrected chi connectivity index (χ2v) is 7.46. The van der Waals surface area contributed by atoms with Gasteiger partial charge in [-0.3, -0.25) is 0 Å². The normalized spacial score (nSPS) is 11.2. The Morgan fingerprint density at radius 2 is 2.20 bits per heavy atom. The number of rotatable bonds is 6. The van der Waals surface area contributed by atoms with Crippen LogP contribution in [-0.4, -0.2) is 15.9 Å². The zero-order chi connectivity index (χ0) is 14.5. The molecule has 20 heavy (non-hydrogen) atoms. The predicted octanol–water partition coefficient (Wildman–Crippen LogP) is 4.40.